The van der Waals surface area contributed by atoms with Gasteiger partial charge in [-0.15, -0.1) is 0 Å². The summed E-state index contributed by atoms with van der Waals surface area (Å²) in [6, 6.07) is 76.1. The SMILES string of the molecule is C1=CC(c2cc(-c3ccccc3)nc(-c3cccc(-n4c5ccccc5c5ccccc54)c3)c2)CC=C1c1ccc2c(ccc3nc(-c4ccccc4)cc(-c4ccccc4)c32)c1. The summed E-state index contributed by atoms with van der Waals surface area (Å²) in [5.74, 6) is 0.209. The Balaban J connectivity index is 0.898. The number of hydrogen-bond donors (Lipinski definition) is 0. The molecule has 1 aliphatic carbocycles. The van der Waals surface area contributed by atoms with Crippen LogP contribution in [0.4, 0.5) is 0 Å². The highest BCUT2D eigenvalue weighted by atomic mass is 15.0. The highest BCUT2D eigenvalue weighted by Gasteiger charge is 2.19. The maximum Gasteiger partial charge on any atom is 0.0722 e. The average Bonchev–Trinajstić information content (AvgIpc) is 3.71. The molecule has 1 aliphatic rings. The Morgan fingerprint density at radius 3 is 1.70 bits per heavy atom. The highest BCUT2D eigenvalue weighted by molar-refractivity contribution is 6.14. The van der Waals surface area contributed by atoms with Crippen LogP contribution in [0.2, 0.25) is 0 Å². The number of nitrogens with zero attached hydrogens (tertiary/aromatic N) is 3. The number of aromatic nitrogens is 3. The molecule has 0 N–H and O–H groups in total. The molecule has 3 nitrogen and oxygen atoms in total. The van der Waals surface area contributed by atoms with Gasteiger partial charge in [-0.3, -0.25) is 0 Å². The van der Waals surface area contributed by atoms with Crippen LogP contribution in [0.15, 0.2) is 231 Å². The first-order valence-corrected chi connectivity index (χ1v) is 21.8. The predicted molar refractivity (Wildman–Crippen MR) is 264 cm³/mol. The lowest BCUT2D eigenvalue weighted by atomic mass is 9.86. The smallest absolute Gasteiger partial charge is 0.0722 e. The van der Waals surface area contributed by atoms with E-state index in [-0.39, 0.29) is 5.92 Å². The molecule has 3 heterocycles. The maximum absolute atomic E-state index is 5.32. The van der Waals surface area contributed by atoms with Gasteiger partial charge in [0.25, 0.3) is 0 Å². The molecule has 0 spiro atoms. The van der Waals surface area contributed by atoms with Gasteiger partial charge >= 0.3 is 0 Å². The van der Waals surface area contributed by atoms with Crippen molar-refractivity contribution in [2.75, 3.05) is 0 Å². The van der Waals surface area contributed by atoms with E-state index in [0.717, 1.165) is 51.4 Å². The van der Waals surface area contributed by atoms with E-state index in [4.69, 9.17) is 9.97 Å². The largest absolute Gasteiger partial charge is 0.309 e. The molecule has 0 radical (unpaired) electrons. The number of hydrogen-bond acceptors (Lipinski definition) is 2. The Labute approximate surface area is 366 Å². The van der Waals surface area contributed by atoms with Crippen molar-refractivity contribution in [3.63, 3.8) is 0 Å². The number of allylic oxidation sites excluding steroid dienone is 4. The lowest BCUT2D eigenvalue weighted by molar-refractivity contribution is 0.855. The second-order valence-electron chi connectivity index (χ2n) is 16.5. The van der Waals surface area contributed by atoms with Gasteiger partial charge in [-0.05, 0) is 99.6 Å². The summed E-state index contributed by atoms with van der Waals surface area (Å²) >= 11 is 0. The van der Waals surface area contributed by atoms with Crippen LogP contribution in [0.3, 0.4) is 0 Å². The van der Waals surface area contributed by atoms with E-state index in [9.17, 15) is 0 Å². The summed E-state index contributed by atoms with van der Waals surface area (Å²) in [6.45, 7) is 0. The standard InChI is InChI=1S/C60H41N3/c1-4-15-42(16-5-1)53-39-57(44-19-8-3-9-20-44)61-54-34-32-46-35-45(31-33-50(46)60(53)54)40-27-29-41(30-28-40)48-37-55(43-17-6-2-7-18-43)62-56(38-48)47-21-14-22-49(36-47)63-58-25-12-10-23-51(58)52-24-11-13-26-59(52)63/h1-29,31-39,41H,30H2. The van der Waals surface area contributed by atoms with Crippen molar-refractivity contribution in [2.45, 2.75) is 12.3 Å². The number of pyridine rings is 2. The number of benzene rings is 8. The van der Waals surface area contributed by atoms with Crippen LogP contribution in [0, 0.1) is 0 Å². The van der Waals surface area contributed by atoms with Gasteiger partial charge in [-0.2, -0.15) is 0 Å². The zero-order valence-electron chi connectivity index (χ0n) is 34.6. The Morgan fingerprint density at radius 2 is 1.03 bits per heavy atom. The summed E-state index contributed by atoms with van der Waals surface area (Å²) in [6.07, 6.45) is 7.99. The third-order valence-electron chi connectivity index (χ3n) is 12.7. The van der Waals surface area contributed by atoms with Crippen molar-refractivity contribution in [3.8, 4) is 50.6 Å². The van der Waals surface area contributed by atoms with Gasteiger partial charge in [0.2, 0.25) is 0 Å². The van der Waals surface area contributed by atoms with E-state index in [1.165, 1.54) is 65.8 Å². The molecule has 63 heavy (non-hydrogen) atoms. The molecule has 0 saturated heterocycles. The Bertz CT molecular complexity index is 3530. The lowest BCUT2D eigenvalue weighted by Gasteiger charge is -2.20. The van der Waals surface area contributed by atoms with Crippen LogP contribution < -0.4 is 0 Å². The van der Waals surface area contributed by atoms with Crippen molar-refractivity contribution < 1.29 is 0 Å². The Morgan fingerprint density at radius 1 is 0.429 bits per heavy atom. The molecule has 8 aromatic carbocycles. The first kappa shape index (κ1) is 36.7. The molecule has 1 unspecified atom stereocenters. The van der Waals surface area contributed by atoms with Gasteiger partial charge in [0.1, 0.15) is 0 Å². The molecule has 0 aliphatic heterocycles. The van der Waals surface area contributed by atoms with Gasteiger partial charge in [0, 0.05) is 44.5 Å². The quantitative estimate of drug-likeness (QED) is 0.150. The van der Waals surface area contributed by atoms with Gasteiger partial charge in [-0.1, -0.05) is 176 Å². The van der Waals surface area contributed by atoms with E-state index in [1.54, 1.807) is 0 Å². The third kappa shape index (κ3) is 6.63. The van der Waals surface area contributed by atoms with Crippen LogP contribution in [0.1, 0.15) is 23.5 Å². The Hall–Kier alpha value is -8.14. The van der Waals surface area contributed by atoms with Crippen LogP contribution in [0.25, 0.3) is 99.6 Å². The van der Waals surface area contributed by atoms with Crippen molar-refractivity contribution in [1.82, 2.24) is 14.5 Å². The zero-order valence-corrected chi connectivity index (χ0v) is 34.6. The summed E-state index contributed by atoms with van der Waals surface area (Å²) < 4.78 is 2.38. The first-order valence-electron chi connectivity index (χ1n) is 21.8. The summed E-state index contributed by atoms with van der Waals surface area (Å²) in [7, 11) is 0. The van der Waals surface area contributed by atoms with E-state index in [0.29, 0.717) is 0 Å². The second kappa shape index (κ2) is 15.4. The minimum absolute atomic E-state index is 0.209. The highest BCUT2D eigenvalue weighted by Crippen LogP contribution is 2.40. The van der Waals surface area contributed by atoms with Crippen molar-refractivity contribution in [2.24, 2.45) is 0 Å². The van der Waals surface area contributed by atoms with Crippen LogP contribution in [-0.4, -0.2) is 14.5 Å². The monoisotopic (exact) mass is 803 g/mol. The molecule has 11 aromatic rings. The van der Waals surface area contributed by atoms with E-state index in [2.05, 4.69) is 235 Å². The van der Waals surface area contributed by atoms with Crippen LogP contribution in [0.5, 0.6) is 0 Å². The van der Waals surface area contributed by atoms with Gasteiger partial charge in [0.05, 0.1) is 33.6 Å². The van der Waals surface area contributed by atoms with Crippen molar-refractivity contribution in [1.29, 1.82) is 0 Å². The van der Waals surface area contributed by atoms with E-state index >= 15 is 0 Å². The fraction of sp³-hybridized carbons (Fsp3) is 0.0333. The molecule has 3 heteroatoms. The zero-order chi connectivity index (χ0) is 41.7. The van der Waals surface area contributed by atoms with E-state index in [1.807, 2.05) is 0 Å². The fourth-order valence-electron chi connectivity index (χ4n) is 9.60. The van der Waals surface area contributed by atoms with E-state index < -0.39 is 0 Å². The second-order valence-corrected chi connectivity index (χ2v) is 16.5. The molecule has 3 aromatic heterocycles. The van der Waals surface area contributed by atoms with Crippen LogP contribution in [-0.2, 0) is 0 Å². The minimum Gasteiger partial charge on any atom is -0.309 e. The molecule has 0 saturated carbocycles. The lowest BCUT2D eigenvalue weighted by Crippen LogP contribution is -2.02. The topological polar surface area (TPSA) is 30.7 Å². The van der Waals surface area contributed by atoms with Crippen molar-refractivity contribution in [3.05, 3.63) is 242 Å². The normalized spacial score (nSPS) is 13.8. The number of para-hydroxylation sites is 2. The number of rotatable bonds is 7. The third-order valence-corrected chi connectivity index (χ3v) is 12.7. The summed E-state index contributed by atoms with van der Waals surface area (Å²) in [4.78, 5) is 10.5. The fourth-order valence-corrected chi connectivity index (χ4v) is 9.60. The van der Waals surface area contributed by atoms with Gasteiger partial charge in [-0.25, -0.2) is 9.97 Å². The average molecular weight is 804 g/mol. The predicted octanol–water partition coefficient (Wildman–Crippen LogP) is 15.7. The van der Waals surface area contributed by atoms with Crippen molar-refractivity contribution >= 4 is 49.1 Å². The van der Waals surface area contributed by atoms with Gasteiger partial charge < -0.3 is 4.57 Å². The molecule has 0 fully saturated rings. The molecule has 1 atom stereocenters. The summed E-state index contributed by atoms with van der Waals surface area (Å²) in [5, 5.41) is 6.11. The Kier molecular flexibility index (Phi) is 8.97. The minimum atomic E-state index is 0.209. The van der Waals surface area contributed by atoms with Crippen LogP contribution >= 0.6 is 0 Å². The molecule has 296 valence electrons. The first-order chi connectivity index (χ1) is 31.2. The molecular formula is C60H41N3. The summed E-state index contributed by atoms with van der Waals surface area (Å²) in [5.41, 5.74) is 16.9. The maximum atomic E-state index is 5.32. The van der Waals surface area contributed by atoms with Gasteiger partial charge in [0.15, 0.2) is 0 Å². The molecule has 12 rings (SSSR count). The molecule has 0 amide bonds. The molecular weight excluding hydrogens is 763 g/mol. The molecule has 0 bridgehead atoms. The number of fused-ring (bicyclic) bond motifs is 6.